The van der Waals surface area contributed by atoms with Crippen molar-refractivity contribution in [3.8, 4) is 29.6 Å². The van der Waals surface area contributed by atoms with Crippen LogP contribution in [0.5, 0.6) is 17.2 Å². The van der Waals surface area contributed by atoms with Crippen LogP contribution < -0.4 is 9.47 Å². The molecule has 0 spiro atoms. The van der Waals surface area contributed by atoms with Crippen molar-refractivity contribution in [2.24, 2.45) is 0 Å². The molecule has 0 aliphatic rings. The van der Waals surface area contributed by atoms with Gasteiger partial charge in [-0.15, -0.1) is 6.42 Å². The molecule has 1 unspecified atom stereocenters. The number of hydrogen-bond donors (Lipinski definition) is 0. The summed E-state index contributed by atoms with van der Waals surface area (Å²) in [5, 5.41) is 0. The summed E-state index contributed by atoms with van der Waals surface area (Å²) in [6, 6.07) is 26.5. The second-order valence-corrected chi connectivity index (χ2v) is 8.19. The Hall–Kier alpha value is -3.18. The first-order valence-corrected chi connectivity index (χ1v) is 11.1. The Balaban J connectivity index is 1.64. The zero-order valence-corrected chi connectivity index (χ0v) is 18.8. The Morgan fingerprint density at radius 2 is 1.58 bits per heavy atom. The Kier molecular flexibility index (Phi) is 7.79. The van der Waals surface area contributed by atoms with Gasteiger partial charge in [-0.1, -0.05) is 55.3 Å². The van der Waals surface area contributed by atoms with Crippen molar-refractivity contribution in [1.82, 2.24) is 0 Å². The zero-order chi connectivity index (χ0) is 22.1. The third kappa shape index (κ3) is 6.15. The van der Waals surface area contributed by atoms with E-state index in [4.69, 9.17) is 15.9 Å². The average molecular weight is 413 g/mol. The van der Waals surface area contributed by atoms with Gasteiger partial charge in [0.1, 0.15) is 17.2 Å². The third-order valence-corrected chi connectivity index (χ3v) is 5.60. The predicted molar refractivity (Wildman–Crippen MR) is 129 cm³/mol. The molecule has 0 saturated carbocycles. The maximum Gasteiger partial charge on any atom is 0.127 e. The van der Waals surface area contributed by atoms with Crippen molar-refractivity contribution < 1.29 is 9.47 Å². The van der Waals surface area contributed by atoms with Gasteiger partial charge in [0.15, 0.2) is 0 Å². The van der Waals surface area contributed by atoms with Gasteiger partial charge in [-0.2, -0.15) is 0 Å². The van der Waals surface area contributed by atoms with Gasteiger partial charge in [0, 0.05) is 0 Å². The fourth-order valence-electron chi connectivity index (χ4n) is 3.89. The average Bonchev–Trinajstić information content (AvgIpc) is 2.78. The standard InChI is InChI=1S/C29H32O2/c1-5-29(6-2,25-17-19-27(20-18-25)30-23(3)4)21-11-13-24-12-10-16-28(22-24)31-26-14-8-7-9-15-26/h1,7-10,12,14-20,22-23H,6,11,13,21H2,2-4H3. The largest absolute Gasteiger partial charge is 0.491 e. The number of ether oxygens (including phenoxy) is 2. The molecule has 0 bridgehead atoms. The fraction of sp³-hybridized carbons (Fsp3) is 0.310. The van der Waals surface area contributed by atoms with Gasteiger partial charge in [0.25, 0.3) is 0 Å². The molecule has 0 heterocycles. The van der Waals surface area contributed by atoms with E-state index in [0.29, 0.717) is 0 Å². The first-order chi connectivity index (χ1) is 15.0. The first kappa shape index (κ1) is 22.5. The molecule has 0 aliphatic heterocycles. The molecule has 0 N–H and O–H groups in total. The topological polar surface area (TPSA) is 18.5 Å². The molecule has 2 nitrogen and oxygen atoms in total. The lowest BCUT2D eigenvalue weighted by molar-refractivity contribution is 0.242. The normalized spacial score (nSPS) is 12.7. The van der Waals surface area contributed by atoms with Crippen LogP contribution in [-0.2, 0) is 11.8 Å². The molecule has 160 valence electrons. The molecule has 3 aromatic carbocycles. The van der Waals surface area contributed by atoms with E-state index in [-0.39, 0.29) is 11.5 Å². The van der Waals surface area contributed by atoms with Gasteiger partial charge in [0.2, 0.25) is 0 Å². The molecule has 0 radical (unpaired) electrons. The Bertz CT molecular complexity index is 983. The van der Waals surface area contributed by atoms with E-state index < -0.39 is 0 Å². The van der Waals surface area contributed by atoms with Gasteiger partial charge in [-0.05, 0) is 87.1 Å². The molecule has 1 atom stereocenters. The van der Waals surface area contributed by atoms with E-state index >= 15 is 0 Å². The van der Waals surface area contributed by atoms with Crippen LogP contribution in [0.3, 0.4) is 0 Å². The van der Waals surface area contributed by atoms with E-state index in [1.165, 1.54) is 11.1 Å². The molecule has 0 saturated heterocycles. The van der Waals surface area contributed by atoms with Crippen LogP contribution in [0.15, 0.2) is 78.9 Å². The van der Waals surface area contributed by atoms with Gasteiger partial charge in [0.05, 0.1) is 11.5 Å². The lowest BCUT2D eigenvalue weighted by atomic mass is 9.75. The van der Waals surface area contributed by atoms with Crippen LogP contribution in [0.4, 0.5) is 0 Å². The van der Waals surface area contributed by atoms with Gasteiger partial charge < -0.3 is 9.47 Å². The smallest absolute Gasteiger partial charge is 0.127 e. The number of aryl methyl sites for hydroxylation is 1. The Morgan fingerprint density at radius 3 is 2.23 bits per heavy atom. The van der Waals surface area contributed by atoms with Gasteiger partial charge in [-0.3, -0.25) is 0 Å². The molecule has 31 heavy (non-hydrogen) atoms. The zero-order valence-electron chi connectivity index (χ0n) is 18.8. The number of para-hydroxylation sites is 1. The SMILES string of the molecule is C#CC(CC)(CCCc1cccc(Oc2ccccc2)c1)c1ccc(OC(C)C)cc1. The summed E-state index contributed by atoms with van der Waals surface area (Å²) in [5.74, 6) is 5.70. The van der Waals surface area contributed by atoms with Gasteiger partial charge in [-0.25, -0.2) is 0 Å². The maximum atomic E-state index is 6.06. The highest BCUT2D eigenvalue weighted by Gasteiger charge is 2.27. The number of rotatable bonds is 10. The van der Waals surface area contributed by atoms with E-state index in [2.05, 4.69) is 43.2 Å². The molecule has 0 aromatic heterocycles. The fourth-order valence-corrected chi connectivity index (χ4v) is 3.89. The lowest BCUT2D eigenvalue weighted by Crippen LogP contribution is -2.23. The number of terminal acetylenes is 1. The summed E-state index contributed by atoms with van der Waals surface area (Å²) < 4.78 is 11.8. The Morgan fingerprint density at radius 1 is 0.871 bits per heavy atom. The highest BCUT2D eigenvalue weighted by Crippen LogP contribution is 2.34. The second-order valence-electron chi connectivity index (χ2n) is 8.19. The van der Waals surface area contributed by atoms with Crippen LogP contribution in [0, 0.1) is 12.3 Å². The Labute approximate surface area is 187 Å². The molecular weight excluding hydrogens is 380 g/mol. The second kappa shape index (κ2) is 10.7. The van der Waals surface area contributed by atoms with Crippen LogP contribution in [0.25, 0.3) is 0 Å². The monoisotopic (exact) mass is 412 g/mol. The summed E-state index contributed by atoms with van der Waals surface area (Å²) in [6.07, 6.45) is 10.0. The highest BCUT2D eigenvalue weighted by atomic mass is 16.5. The molecule has 3 rings (SSSR count). The first-order valence-electron chi connectivity index (χ1n) is 11.1. The van der Waals surface area contributed by atoms with E-state index in [9.17, 15) is 0 Å². The van der Waals surface area contributed by atoms with Crippen molar-refractivity contribution in [1.29, 1.82) is 0 Å². The predicted octanol–water partition coefficient (Wildman–Crippen LogP) is 7.57. The van der Waals surface area contributed by atoms with E-state index in [0.717, 1.165) is 42.9 Å². The number of hydrogen-bond acceptors (Lipinski definition) is 2. The third-order valence-electron chi connectivity index (χ3n) is 5.60. The van der Waals surface area contributed by atoms with Crippen molar-refractivity contribution >= 4 is 0 Å². The van der Waals surface area contributed by atoms with Crippen molar-refractivity contribution in [2.75, 3.05) is 0 Å². The van der Waals surface area contributed by atoms with Crippen LogP contribution in [0.1, 0.15) is 51.2 Å². The van der Waals surface area contributed by atoms with Crippen LogP contribution in [-0.4, -0.2) is 6.10 Å². The maximum absolute atomic E-state index is 6.06. The van der Waals surface area contributed by atoms with Crippen LogP contribution in [0.2, 0.25) is 0 Å². The quantitative estimate of drug-likeness (QED) is 0.320. The lowest BCUT2D eigenvalue weighted by Gasteiger charge is -2.28. The summed E-state index contributed by atoms with van der Waals surface area (Å²) >= 11 is 0. The van der Waals surface area contributed by atoms with Crippen LogP contribution >= 0.6 is 0 Å². The summed E-state index contributed by atoms with van der Waals surface area (Å²) in [6.45, 7) is 6.24. The minimum Gasteiger partial charge on any atom is -0.491 e. The molecule has 0 amide bonds. The molecule has 0 fully saturated rings. The minimum atomic E-state index is -0.255. The van der Waals surface area contributed by atoms with E-state index in [1.54, 1.807) is 0 Å². The molecule has 2 heteroatoms. The minimum absolute atomic E-state index is 0.163. The molecule has 0 aliphatic carbocycles. The van der Waals surface area contributed by atoms with Gasteiger partial charge >= 0.3 is 0 Å². The highest BCUT2D eigenvalue weighted by molar-refractivity contribution is 5.38. The van der Waals surface area contributed by atoms with E-state index in [1.807, 2.05) is 62.4 Å². The van der Waals surface area contributed by atoms with Crippen molar-refractivity contribution in [3.63, 3.8) is 0 Å². The molecule has 3 aromatic rings. The van der Waals surface area contributed by atoms with Crippen molar-refractivity contribution in [2.45, 2.75) is 58.0 Å². The number of benzene rings is 3. The van der Waals surface area contributed by atoms with Crippen molar-refractivity contribution in [3.05, 3.63) is 90.0 Å². The summed E-state index contributed by atoms with van der Waals surface area (Å²) in [4.78, 5) is 0. The molecular formula is C29H32O2. The summed E-state index contributed by atoms with van der Waals surface area (Å²) in [5.41, 5.74) is 2.19. The summed E-state index contributed by atoms with van der Waals surface area (Å²) in [7, 11) is 0.